The summed E-state index contributed by atoms with van der Waals surface area (Å²) in [4.78, 5) is 44.9. The van der Waals surface area contributed by atoms with Crippen LogP contribution in [0.5, 0.6) is 0 Å². The Morgan fingerprint density at radius 2 is 1.45 bits per heavy atom. The average molecular weight is 498 g/mol. The van der Waals surface area contributed by atoms with E-state index in [9.17, 15) is 23.9 Å². The van der Waals surface area contributed by atoms with E-state index in [0.29, 0.717) is 6.42 Å². The minimum absolute atomic E-state index is 0. The van der Waals surface area contributed by atoms with Gasteiger partial charge in [-0.2, -0.15) is 0 Å². The maximum Gasteiger partial charge on any atom is 1.00 e. The Morgan fingerprint density at radius 3 is 2.03 bits per heavy atom. The third-order valence-corrected chi connectivity index (χ3v) is 4.29. The van der Waals surface area contributed by atoms with Crippen molar-refractivity contribution in [2.75, 3.05) is 13.2 Å². The van der Waals surface area contributed by atoms with Crippen LogP contribution in [0.25, 0.3) is 0 Å². The van der Waals surface area contributed by atoms with Crippen LogP contribution in [-0.2, 0) is 28.2 Å². The fourth-order valence-electron chi connectivity index (χ4n) is 2.35. The van der Waals surface area contributed by atoms with Crippen LogP contribution in [-0.4, -0.2) is 31.3 Å². The van der Waals surface area contributed by atoms with Crippen molar-refractivity contribution >= 4 is 19.8 Å². The van der Waals surface area contributed by atoms with Crippen LogP contribution >= 0.6 is 7.82 Å². The van der Waals surface area contributed by atoms with Gasteiger partial charge in [0.2, 0.25) is 0 Å². The number of hydrogen-bond acceptors (Lipinski definition) is 8. The molecule has 0 aliphatic heterocycles. The van der Waals surface area contributed by atoms with E-state index in [2.05, 4.69) is 47.0 Å². The van der Waals surface area contributed by atoms with Gasteiger partial charge in [-0.25, -0.2) is 4.79 Å². The van der Waals surface area contributed by atoms with Crippen LogP contribution in [0.3, 0.4) is 0 Å². The summed E-state index contributed by atoms with van der Waals surface area (Å²) < 4.78 is 24.7. The van der Waals surface area contributed by atoms with Gasteiger partial charge in [-0.1, -0.05) is 57.8 Å². The van der Waals surface area contributed by atoms with Crippen molar-refractivity contribution in [3.63, 3.8) is 0 Å². The molecule has 0 radical (unpaired) electrons. The molecule has 0 aliphatic rings. The summed E-state index contributed by atoms with van der Waals surface area (Å²) in [6.07, 6.45) is 7.29. The van der Waals surface area contributed by atoms with E-state index in [1.54, 1.807) is 6.92 Å². The Labute approximate surface area is 241 Å². The predicted octanol–water partition coefficient (Wildman–Crippen LogP) is -4.14. The summed E-state index contributed by atoms with van der Waals surface area (Å²) in [7, 11) is -5.27. The van der Waals surface area contributed by atoms with E-state index in [0.717, 1.165) is 19.3 Å². The monoisotopic (exact) mass is 498 g/mol. The SMILES string of the molecule is CC#CC#CC#CC(=O)OC[C@@H](COP(=O)([O-])[O-])OC(=O)CCCCCCCCCC.[Na+].[Na+]. The molecule has 0 aromatic rings. The molecule has 11 heteroatoms. The number of phosphoric ester groups is 1. The quantitative estimate of drug-likeness (QED) is 0.0557. The molecule has 0 rings (SSSR count). The smallest absolute Gasteiger partial charge is 0.790 e. The number of unbranched alkanes of at least 4 members (excludes halogenated alkanes) is 7. The topological polar surface area (TPSA) is 125 Å². The van der Waals surface area contributed by atoms with Crippen LogP contribution in [0, 0.1) is 35.5 Å². The van der Waals surface area contributed by atoms with Crippen LogP contribution in [0.4, 0.5) is 0 Å². The molecule has 0 saturated heterocycles. The van der Waals surface area contributed by atoms with Crippen molar-refractivity contribution in [3.05, 3.63) is 0 Å². The van der Waals surface area contributed by atoms with Crippen LogP contribution < -0.4 is 68.9 Å². The minimum atomic E-state index is -5.27. The molecule has 0 N–H and O–H groups in total. The Hall–Kier alpha value is -0.270. The Bertz CT molecular complexity index is 777. The fourth-order valence-corrected chi connectivity index (χ4v) is 2.70. The van der Waals surface area contributed by atoms with Crippen molar-refractivity contribution in [1.29, 1.82) is 0 Å². The second-order valence-corrected chi connectivity index (χ2v) is 7.71. The van der Waals surface area contributed by atoms with Gasteiger partial charge in [0.05, 0.1) is 14.4 Å². The molecule has 0 spiro atoms. The molecular formula is C22H29Na2O8P. The summed E-state index contributed by atoms with van der Waals surface area (Å²) in [6, 6.07) is 0. The molecule has 0 unspecified atom stereocenters. The Balaban J connectivity index is -0.00000450. The van der Waals surface area contributed by atoms with E-state index in [1.165, 1.54) is 25.7 Å². The van der Waals surface area contributed by atoms with Crippen molar-refractivity contribution in [2.45, 2.75) is 77.7 Å². The number of carbonyl (C=O) groups excluding carboxylic acids is 2. The summed E-state index contributed by atoms with van der Waals surface area (Å²) in [6.45, 7) is 2.49. The average Bonchev–Trinajstić information content (AvgIpc) is 2.71. The van der Waals surface area contributed by atoms with Gasteiger partial charge >= 0.3 is 71.1 Å². The third kappa shape index (κ3) is 27.9. The zero-order valence-electron chi connectivity index (χ0n) is 20.1. The third-order valence-electron chi connectivity index (χ3n) is 3.83. The Kier molecular flexibility index (Phi) is 28.1. The molecule has 33 heavy (non-hydrogen) atoms. The number of carbonyl (C=O) groups is 2. The van der Waals surface area contributed by atoms with Gasteiger partial charge in [0.15, 0.2) is 6.10 Å². The van der Waals surface area contributed by atoms with Gasteiger partial charge in [0, 0.05) is 12.3 Å². The van der Waals surface area contributed by atoms with E-state index in [1.807, 2.05) is 0 Å². The normalized spacial score (nSPS) is 10.3. The molecule has 0 saturated carbocycles. The number of rotatable bonds is 15. The van der Waals surface area contributed by atoms with Crippen molar-refractivity contribution in [1.82, 2.24) is 0 Å². The summed E-state index contributed by atoms with van der Waals surface area (Å²) in [5, 5.41) is 0. The van der Waals surface area contributed by atoms with Crippen LogP contribution in [0.2, 0.25) is 0 Å². The molecule has 8 nitrogen and oxygen atoms in total. The molecule has 0 fully saturated rings. The van der Waals surface area contributed by atoms with Gasteiger partial charge in [0.1, 0.15) is 6.61 Å². The number of phosphoric acid groups is 1. The van der Waals surface area contributed by atoms with Crippen LogP contribution in [0.15, 0.2) is 0 Å². The second-order valence-electron chi connectivity index (χ2n) is 6.55. The predicted molar refractivity (Wildman–Crippen MR) is 111 cm³/mol. The first-order valence-corrected chi connectivity index (χ1v) is 11.7. The molecule has 0 aromatic heterocycles. The van der Waals surface area contributed by atoms with E-state index in [4.69, 9.17) is 9.47 Å². The maximum absolute atomic E-state index is 12.0. The summed E-state index contributed by atoms with van der Waals surface area (Å²) >= 11 is 0. The van der Waals surface area contributed by atoms with Crippen LogP contribution in [0.1, 0.15) is 71.6 Å². The first kappa shape index (κ1) is 37.3. The number of ether oxygens (including phenoxy) is 2. The van der Waals surface area contributed by atoms with Crippen molar-refractivity contribution in [3.8, 4) is 35.5 Å². The van der Waals surface area contributed by atoms with E-state index in [-0.39, 0.29) is 65.5 Å². The van der Waals surface area contributed by atoms with Crippen molar-refractivity contribution < 1.29 is 97.1 Å². The minimum Gasteiger partial charge on any atom is -0.790 e. The first-order chi connectivity index (χ1) is 14.8. The molecule has 0 amide bonds. The van der Waals surface area contributed by atoms with Gasteiger partial charge in [0.25, 0.3) is 0 Å². The van der Waals surface area contributed by atoms with E-state index >= 15 is 0 Å². The molecule has 0 aromatic carbocycles. The molecule has 0 aliphatic carbocycles. The zero-order valence-corrected chi connectivity index (χ0v) is 25.0. The fraction of sp³-hybridized carbons (Fsp3) is 0.636. The van der Waals surface area contributed by atoms with Gasteiger partial charge < -0.3 is 28.3 Å². The summed E-state index contributed by atoms with van der Waals surface area (Å²) in [5.41, 5.74) is 0. The van der Waals surface area contributed by atoms with E-state index < -0.39 is 39.1 Å². The first-order valence-electron chi connectivity index (χ1n) is 10.2. The molecule has 0 bridgehead atoms. The number of hydrogen-bond donors (Lipinski definition) is 0. The molecule has 1 atom stereocenters. The summed E-state index contributed by atoms with van der Waals surface area (Å²) in [5.74, 6) is 12.4. The van der Waals surface area contributed by atoms with Crippen molar-refractivity contribution in [2.24, 2.45) is 0 Å². The van der Waals surface area contributed by atoms with Gasteiger partial charge in [-0.3, -0.25) is 4.79 Å². The molecular weight excluding hydrogens is 469 g/mol. The van der Waals surface area contributed by atoms with Gasteiger partial charge in [-0.05, 0) is 37.0 Å². The zero-order chi connectivity index (χ0) is 23.4. The standard InChI is InChI=1S/C22H31O8P.2Na/c1-3-5-7-9-10-11-13-15-17-22(24)30-20(19-29-31(25,26)27)18-28-21(23)16-14-12-8-6-4-2;;/h20H,3,5,7,9-11,13,15,17-19H2,1-2H3,(H2,25,26,27);;/q;2*+1/p-2/t20-;;/m0../s1. The molecule has 172 valence electrons. The Morgan fingerprint density at radius 1 is 0.879 bits per heavy atom. The second kappa shape index (κ2) is 24.8. The largest absolute Gasteiger partial charge is 1.00 e. The van der Waals surface area contributed by atoms with Gasteiger partial charge in [-0.15, -0.1) is 0 Å². The number of esters is 2. The maximum atomic E-state index is 12.0. The molecule has 0 heterocycles.